The van der Waals surface area contributed by atoms with Gasteiger partial charge in [-0.2, -0.15) is 0 Å². The highest BCUT2D eigenvalue weighted by Gasteiger charge is 2.19. The van der Waals surface area contributed by atoms with Crippen molar-refractivity contribution in [2.24, 2.45) is 0 Å². The molecule has 1 fully saturated rings. The normalized spacial score (nSPS) is 17.4. The van der Waals surface area contributed by atoms with Crippen molar-refractivity contribution in [3.8, 4) is 0 Å². The molecule has 1 aliphatic rings. The molecule has 1 saturated heterocycles. The minimum atomic E-state index is 0.341. The molecule has 1 radical (unpaired) electrons. The van der Waals surface area contributed by atoms with Gasteiger partial charge in [0.1, 0.15) is 0 Å². The lowest BCUT2D eigenvalue weighted by Gasteiger charge is -2.34. The minimum absolute atomic E-state index is 0.341. The molecule has 1 rings (SSSR count). The van der Waals surface area contributed by atoms with Crippen LogP contribution in [0.3, 0.4) is 0 Å². The first kappa shape index (κ1) is 14.5. The van der Waals surface area contributed by atoms with Gasteiger partial charge in [0.15, 0.2) is 0 Å². The van der Waals surface area contributed by atoms with Gasteiger partial charge in [0.2, 0.25) is 5.91 Å². The fourth-order valence-electron chi connectivity index (χ4n) is 2.21. The molecule has 0 N–H and O–H groups in total. The van der Waals surface area contributed by atoms with Crippen LogP contribution in [0.2, 0.25) is 0 Å². The quantitative estimate of drug-likeness (QED) is 0.637. The van der Waals surface area contributed by atoms with Crippen molar-refractivity contribution in [1.29, 1.82) is 0 Å². The third-order valence-electron chi connectivity index (χ3n) is 3.44. The largest absolute Gasteiger partial charge is 0.340 e. The standard InChI is InChI=1S/C14H27N2O/c1-3-5-7-8-14(17)16-12-10-15(11-13-16)9-6-4-2/h1,3-13H2,2H3. The van der Waals surface area contributed by atoms with Crippen LogP contribution in [0, 0.1) is 6.92 Å². The maximum atomic E-state index is 11.9. The summed E-state index contributed by atoms with van der Waals surface area (Å²) in [7, 11) is 0. The van der Waals surface area contributed by atoms with E-state index in [9.17, 15) is 4.79 Å². The number of rotatable bonds is 7. The van der Waals surface area contributed by atoms with Crippen molar-refractivity contribution in [3.63, 3.8) is 0 Å². The number of carbonyl (C=O) groups excluding carboxylic acids is 1. The molecule has 0 aromatic carbocycles. The molecular weight excluding hydrogens is 212 g/mol. The zero-order valence-electron chi connectivity index (χ0n) is 11.3. The van der Waals surface area contributed by atoms with Gasteiger partial charge in [-0.05, 0) is 19.4 Å². The fraction of sp³-hybridized carbons (Fsp3) is 0.857. The van der Waals surface area contributed by atoms with E-state index in [4.69, 9.17) is 0 Å². The molecule has 0 spiro atoms. The van der Waals surface area contributed by atoms with Crippen LogP contribution in [0.25, 0.3) is 0 Å². The first-order valence-electron chi connectivity index (χ1n) is 7.07. The maximum Gasteiger partial charge on any atom is 0.222 e. The van der Waals surface area contributed by atoms with E-state index in [0.29, 0.717) is 12.3 Å². The van der Waals surface area contributed by atoms with Gasteiger partial charge in [-0.25, -0.2) is 0 Å². The average molecular weight is 239 g/mol. The highest BCUT2D eigenvalue weighted by molar-refractivity contribution is 5.76. The number of piperazine rings is 1. The van der Waals surface area contributed by atoms with E-state index >= 15 is 0 Å². The Labute approximate surface area is 106 Å². The number of unbranched alkanes of at least 4 members (excludes halogenated alkanes) is 3. The van der Waals surface area contributed by atoms with Crippen LogP contribution in [-0.4, -0.2) is 48.4 Å². The van der Waals surface area contributed by atoms with Crippen LogP contribution >= 0.6 is 0 Å². The summed E-state index contributed by atoms with van der Waals surface area (Å²) in [5, 5.41) is 0. The van der Waals surface area contributed by atoms with E-state index in [1.54, 1.807) is 0 Å². The topological polar surface area (TPSA) is 23.6 Å². The Morgan fingerprint density at radius 2 is 1.82 bits per heavy atom. The van der Waals surface area contributed by atoms with E-state index in [1.807, 2.05) is 4.90 Å². The van der Waals surface area contributed by atoms with E-state index in [2.05, 4.69) is 18.7 Å². The molecule has 0 aromatic heterocycles. The molecule has 3 heteroatoms. The van der Waals surface area contributed by atoms with Gasteiger partial charge >= 0.3 is 0 Å². The molecule has 0 unspecified atom stereocenters. The number of nitrogens with zero attached hydrogens (tertiary/aromatic N) is 2. The van der Waals surface area contributed by atoms with Crippen molar-refractivity contribution in [2.45, 2.75) is 45.4 Å². The third-order valence-corrected chi connectivity index (χ3v) is 3.44. The van der Waals surface area contributed by atoms with Crippen molar-refractivity contribution >= 4 is 5.91 Å². The molecule has 1 amide bonds. The lowest BCUT2D eigenvalue weighted by atomic mass is 10.2. The van der Waals surface area contributed by atoms with Crippen LogP contribution in [0.1, 0.15) is 45.4 Å². The number of carbonyl (C=O) groups is 1. The van der Waals surface area contributed by atoms with E-state index in [1.165, 1.54) is 19.4 Å². The van der Waals surface area contributed by atoms with Crippen molar-refractivity contribution in [3.05, 3.63) is 6.92 Å². The molecule has 0 aliphatic carbocycles. The molecule has 0 bridgehead atoms. The third kappa shape index (κ3) is 5.53. The summed E-state index contributed by atoms with van der Waals surface area (Å²) in [6.45, 7) is 11.2. The Bertz CT molecular complexity index is 210. The molecular formula is C14H27N2O. The second kappa shape index (κ2) is 8.51. The van der Waals surface area contributed by atoms with Gasteiger partial charge in [-0.15, -0.1) is 0 Å². The predicted octanol–water partition coefficient (Wildman–Crippen LogP) is 2.33. The average Bonchev–Trinajstić information content (AvgIpc) is 2.37. The summed E-state index contributed by atoms with van der Waals surface area (Å²) in [4.78, 5) is 16.4. The van der Waals surface area contributed by atoms with E-state index in [0.717, 1.165) is 45.4 Å². The van der Waals surface area contributed by atoms with Crippen molar-refractivity contribution < 1.29 is 4.79 Å². The zero-order chi connectivity index (χ0) is 12.5. The van der Waals surface area contributed by atoms with Gasteiger partial charge in [-0.3, -0.25) is 9.69 Å². The highest BCUT2D eigenvalue weighted by Crippen LogP contribution is 2.08. The molecule has 1 heterocycles. The van der Waals surface area contributed by atoms with Crippen LogP contribution in [0.5, 0.6) is 0 Å². The second-order valence-corrected chi connectivity index (χ2v) is 4.89. The maximum absolute atomic E-state index is 11.9. The Hall–Kier alpha value is -0.570. The Kier molecular flexibility index (Phi) is 7.25. The number of hydrogen-bond acceptors (Lipinski definition) is 2. The summed E-state index contributed by atoms with van der Waals surface area (Å²) in [5.41, 5.74) is 0. The fourth-order valence-corrected chi connectivity index (χ4v) is 2.21. The van der Waals surface area contributed by atoms with Gasteiger partial charge < -0.3 is 4.90 Å². The lowest BCUT2D eigenvalue weighted by molar-refractivity contribution is -0.133. The SMILES string of the molecule is [CH2]CCCCC(=O)N1CCN(CCCC)CC1. The predicted molar refractivity (Wildman–Crippen MR) is 71.8 cm³/mol. The van der Waals surface area contributed by atoms with E-state index < -0.39 is 0 Å². The van der Waals surface area contributed by atoms with Gasteiger partial charge in [0.05, 0.1) is 0 Å². The van der Waals surface area contributed by atoms with Crippen molar-refractivity contribution in [2.75, 3.05) is 32.7 Å². The molecule has 0 aromatic rings. The monoisotopic (exact) mass is 239 g/mol. The van der Waals surface area contributed by atoms with Crippen LogP contribution < -0.4 is 0 Å². The van der Waals surface area contributed by atoms with Crippen LogP contribution in [-0.2, 0) is 4.79 Å². The molecule has 0 saturated carbocycles. The van der Waals surface area contributed by atoms with Gasteiger partial charge in [0.25, 0.3) is 0 Å². The van der Waals surface area contributed by atoms with Crippen LogP contribution in [0.15, 0.2) is 0 Å². The molecule has 1 aliphatic heterocycles. The molecule has 99 valence electrons. The highest BCUT2D eigenvalue weighted by atomic mass is 16.2. The second-order valence-electron chi connectivity index (χ2n) is 4.89. The first-order chi connectivity index (χ1) is 8.27. The minimum Gasteiger partial charge on any atom is -0.340 e. The summed E-state index contributed by atoms with van der Waals surface area (Å²) in [6.07, 6.45) is 6.25. The van der Waals surface area contributed by atoms with Gasteiger partial charge in [0, 0.05) is 32.6 Å². The van der Waals surface area contributed by atoms with Crippen molar-refractivity contribution in [1.82, 2.24) is 9.80 Å². The molecule has 17 heavy (non-hydrogen) atoms. The Balaban J connectivity index is 2.15. The smallest absolute Gasteiger partial charge is 0.222 e. The Morgan fingerprint density at radius 3 is 2.41 bits per heavy atom. The van der Waals surface area contributed by atoms with E-state index in [-0.39, 0.29) is 0 Å². The molecule has 3 nitrogen and oxygen atoms in total. The first-order valence-corrected chi connectivity index (χ1v) is 7.07. The Morgan fingerprint density at radius 1 is 1.12 bits per heavy atom. The number of amides is 1. The lowest BCUT2D eigenvalue weighted by Crippen LogP contribution is -2.48. The summed E-state index contributed by atoms with van der Waals surface area (Å²) >= 11 is 0. The van der Waals surface area contributed by atoms with Gasteiger partial charge in [-0.1, -0.05) is 33.1 Å². The summed E-state index contributed by atoms with van der Waals surface area (Å²) in [6, 6.07) is 0. The van der Waals surface area contributed by atoms with Crippen LogP contribution in [0.4, 0.5) is 0 Å². The number of hydrogen-bond donors (Lipinski definition) is 0. The molecule has 0 atom stereocenters. The summed E-state index contributed by atoms with van der Waals surface area (Å²) in [5.74, 6) is 0.341. The summed E-state index contributed by atoms with van der Waals surface area (Å²) < 4.78 is 0. The zero-order valence-corrected chi connectivity index (χ0v) is 11.3.